The van der Waals surface area contributed by atoms with Crippen molar-refractivity contribution in [1.29, 1.82) is 0 Å². The summed E-state index contributed by atoms with van der Waals surface area (Å²) in [6, 6.07) is -0.450. The predicted octanol–water partition coefficient (Wildman–Crippen LogP) is 0.399. The van der Waals surface area contributed by atoms with Crippen LogP contribution in [0.3, 0.4) is 0 Å². The molecule has 0 saturated carbocycles. The zero-order chi connectivity index (χ0) is 42.4. The number of aliphatic hydroxyl groups is 1. The number of benzene rings is 1. The largest absolute Gasteiger partial charge is 0.490 e. The summed E-state index contributed by atoms with van der Waals surface area (Å²) in [5, 5.41) is 48.4. The number of alkyl halides is 3. The minimum atomic E-state index is -5.08. The van der Waals surface area contributed by atoms with E-state index < -0.39 is 109 Å². The normalized spacial score (nSPS) is 14.3. The summed E-state index contributed by atoms with van der Waals surface area (Å²) in [5.41, 5.74) is 0.247. The Morgan fingerprint density at radius 3 is 1.85 bits per heavy atom. The van der Waals surface area contributed by atoms with Crippen molar-refractivity contribution in [2.45, 2.75) is 96.7 Å². The van der Waals surface area contributed by atoms with Crippen LogP contribution in [-0.4, -0.2) is 104 Å². The number of aryl methyl sites for hydroxylation is 1. The Bertz CT molecular complexity index is 1810. The molecule has 0 fully saturated rings. The van der Waals surface area contributed by atoms with E-state index >= 15 is 0 Å². The first-order valence-corrected chi connectivity index (χ1v) is 16.3. The molecule has 1 heterocycles. The van der Waals surface area contributed by atoms with Gasteiger partial charge in [0.25, 0.3) is 0 Å². The van der Waals surface area contributed by atoms with Crippen LogP contribution in [0.25, 0.3) is 11.0 Å². The number of amides is 5. The first-order chi connectivity index (χ1) is 25.4. The Labute approximate surface area is 310 Å². The minimum Gasteiger partial charge on any atom is -0.481 e. The van der Waals surface area contributed by atoms with Gasteiger partial charge in [0, 0.05) is 36.6 Å². The molecule has 0 saturated heterocycles. The summed E-state index contributed by atoms with van der Waals surface area (Å²) in [5.74, 6) is -10.4. The SMILES string of the molecule is CC[C@H](C)[C@H](NC(C)=O)C(=O)N[C@@H](CCC(=O)O)C(=O)N[C@H](C(=O)N[C@@H](CC(=O)O)C(=O)Nc1ccc2c(C)cc(=O)oc2c1)[C@@H](C)O.O=C(O)C(F)(F)F. The molecule has 5 amide bonds. The number of carboxylic acid groups (broad SMARTS) is 3. The van der Waals surface area contributed by atoms with E-state index in [0.717, 1.165) is 6.92 Å². The first kappa shape index (κ1) is 47.0. The quantitative estimate of drug-likeness (QED) is 0.0981. The number of carbonyl (C=O) groups excluding carboxylic acids is 5. The third kappa shape index (κ3) is 15.8. The van der Waals surface area contributed by atoms with Gasteiger partial charge in [0.15, 0.2) is 0 Å². The van der Waals surface area contributed by atoms with Gasteiger partial charge in [-0.1, -0.05) is 20.3 Å². The molecule has 304 valence electrons. The van der Waals surface area contributed by atoms with Gasteiger partial charge in [-0.3, -0.25) is 33.6 Å². The maximum absolute atomic E-state index is 13.3. The molecule has 0 radical (unpaired) electrons. The van der Waals surface area contributed by atoms with Gasteiger partial charge in [-0.25, -0.2) is 9.59 Å². The lowest BCUT2D eigenvalue weighted by Crippen LogP contribution is -2.61. The number of rotatable bonds is 17. The lowest BCUT2D eigenvalue weighted by atomic mass is 9.97. The van der Waals surface area contributed by atoms with Gasteiger partial charge in [0.05, 0.1) is 12.5 Å². The third-order valence-corrected chi connectivity index (χ3v) is 7.67. The van der Waals surface area contributed by atoms with Gasteiger partial charge in [-0.2, -0.15) is 13.2 Å². The molecule has 0 aliphatic carbocycles. The Kier molecular flexibility index (Phi) is 17.9. The number of hydrogen-bond acceptors (Lipinski definition) is 11. The van der Waals surface area contributed by atoms with Gasteiger partial charge >= 0.3 is 29.7 Å². The predicted molar refractivity (Wildman–Crippen MR) is 183 cm³/mol. The number of aliphatic carboxylic acids is 3. The molecular formula is C33H42F3N5O14. The highest BCUT2D eigenvalue weighted by Crippen LogP contribution is 2.21. The van der Waals surface area contributed by atoms with Crippen LogP contribution < -0.4 is 32.2 Å². The number of anilines is 1. The minimum absolute atomic E-state index is 0.109. The molecular weight excluding hydrogens is 747 g/mol. The Morgan fingerprint density at radius 1 is 0.800 bits per heavy atom. The molecule has 1 aromatic carbocycles. The summed E-state index contributed by atoms with van der Waals surface area (Å²) in [4.78, 5) is 108. The van der Waals surface area contributed by atoms with E-state index in [0.29, 0.717) is 17.4 Å². The molecule has 0 aliphatic heterocycles. The van der Waals surface area contributed by atoms with E-state index in [1.54, 1.807) is 26.8 Å². The molecule has 2 rings (SSSR count). The van der Waals surface area contributed by atoms with E-state index in [2.05, 4.69) is 26.6 Å². The second-order valence-corrected chi connectivity index (χ2v) is 12.2. The number of fused-ring (bicyclic) bond motifs is 1. The van der Waals surface area contributed by atoms with Crippen molar-refractivity contribution in [1.82, 2.24) is 21.3 Å². The standard InChI is InChI=1S/C31H41N5O12.C2HF3O2/c1-6-14(2)26(32-17(5)38)30(46)34-20(9-10-23(39)40)28(44)36-27(16(4)37)31(47)35-21(13-24(41)42)29(45)33-18-7-8-19-15(3)11-25(43)48-22(19)12-18;3-2(4,5)1(6)7/h7-8,11-12,14,16,20-21,26-27,37H,6,9-10,13H2,1-5H3,(H,32,38)(H,33,45)(H,34,46)(H,35,47)(H,36,44)(H,39,40)(H,41,42);(H,6,7)/t14-,16+,20-,21-,26-,27-;/m0./s1. The zero-order valence-electron chi connectivity index (χ0n) is 30.1. The highest BCUT2D eigenvalue weighted by molar-refractivity contribution is 6.01. The first-order valence-electron chi connectivity index (χ1n) is 16.3. The van der Waals surface area contributed by atoms with Crippen LogP contribution in [0.4, 0.5) is 18.9 Å². The van der Waals surface area contributed by atoms with E-state index in [1.807, 2.05) is 0 Å². The van der Waals surface area contributed by atoms with E-state index in [9.17, 15) is 66.8 Å². The summed E-state index contributed by atoms with van der Waals surface area (Å²) in [7, 11) is 0. The number of carbonyl (C=O) groups is 8. The molecule has 22 heteroatoms. The molecule has 0 unspecified atom stereocenters. The lowest BCUT2D eigenvalue weighted by molar-refractivity contribution is -0.192. The van der Waals surface area contributed by atoms with Crippen molar-refractivity contribution < 1.29 is 76.4 Å². The average Bonchev–Trinajstić information content (AvgIpc) is 3.05. The molecule has 0 spiro atoms. The molecule has 9 N–H and O–H groups in total. The maximum Gasteiger partial charge on any atom is 0.490 e. The van der Waals surface area contributed by atoms with Crippen molar-refractivity contribution in [2.75, 3.05) is 5.32 Å². The molecule has 0 bridgehead atoms. The maximum atomic E-state index is 13.3. The van der Waals surface area contributed by atoms with Crippen LogP contribution in [-0.2, 0) is 38.4 Å². The molecule has 19 nitrogen and oxygen atoms in total. The van der Waals surface area contributed by atoms with Gasteiger partial charge in [0.2, 0.25) is 29.5 Å². The van der Waals surface area contributed by atoms with Crippen LogP contribution in [0, 0.1) is 12.8 Å². The van der Waals surface area contributed by atoms with Crippen LogP contribution in [0.2, 0.25) is 0 Å². The van der Waals surface area contributed by atoms with Crippen molar-refractivity contribution in [3.63, 3.8) is 0 Å². The van der Waals surface area contributed by atoms with Crippen molar-refractivity contribution in [3.05, 3.63) is 40.2 Å². The molecule has 0 aliphatic rings. The topological polar surface area (TPSA) is 308 Å². The van der Waals surface area contributed by atoms with Crippen LogP contribution in [0.1, 0.15) is 58.9 Å². The van der Waals surface area contributed by atoms with Gasteiger partial charge in [-0.05, 0) is 43.9 Å². The average molecular weight is 790 g/mol. The summed E-state index contributed by atoms with van der Waals surface area (Å²) >= 11 is 0. The molecule has 1 aromatic heterocycles. The summed E-state index contributed by atoms with van der Waals surface area (Å²) in [6.45, 7) is 7.46. The Morgan fingerprint density at radius 2 is 1.36 bits per heavy atom. The van der Waals surface area contributed by atoms with Crippen LogP contribution in [0.15, 0.2) is 33.5 Å². The van der Waals surface area contributed by atoms with E-state index in [-0.39, 0.29) is 17.2 Å². The second kappa shape index (κ2) is 21.0. The Hall–Kier alpha value is -6.06. The second-order valence-electron chi connectivity index (χ2n) is 12.2. The zero-order valence-corrected chi connectivity index (χ0v) is 30.1. The van der Waals surface area contributed by atoms with E-state index in [4.69, 9.17) is 14.3 Å². The number of carboxylic acids is 3. The fourth-order valence-electron chi connectivity index (χ4n) is 4.66. The smallest absolute Gasteiger partial charge is 0.481 e. The van der Waals surface area contributed by atoms with E-state index in [1.165, 1.54) is 25.1 Å². The van der Waals surface area contributed by atoms with Gasteiger partial charge in [0.1, 0.15) is 29.8 Å². The molecule has 6 atom stereocenters. The summed E-state index contributed by atoms with van der Waals surface area (Å²) < 4.78 is 36.9. The fraction of sp³-hybridized carbons (Fsp3) is 0.485. The number of aliphatic hydroxyl groups excluding tert-OH is 1. The molecule has 55 heavy (non-hydrogen) atoms. The van der Waals surface area contributed by atoms with Gasteiger partial charge in [-0.15, -0.1) is 0 Å². The summed E-state index contributed by atoms with van der Waals surface area (Å²) in [6.07, 6.45) is -8.13. The number of hydrogen-bond donors (Lipinski definition) is 9. The van der Waals surface area contributed by atoms with Gasteiger partial charge < -0.3 is 51.4 Å². The Balaban J connectivity index is 0.00000196. The monoisotopic (exact) mass is 789 g/mol. The van der Waals surface area contributed by atoms with Crippen LogP contribution >= 0.6 is 0 Å². The van der Waals surface area contributed by atoms with Crippen molar-refractivity contribution >= 4 is 64.1 Å². The van der Waals surface area contributed by atoms with Crippen LogP contribution in [0.5, 0.6) is 0 Å². The fourth-order valence-corrected chi connectivity index (χ4v) is 4.66. The van der Waals surface area contributed by atoms with Crippen molar-refractivity contribution in [2.24, 2.45) is 5.92 Å². The highest BCUT2D eigenvalue weighted by atomic mass is 19.4. The van der Waals surface area contributed by atoms with Crippen molar-refractivity contribution in [3.8, 4) is 0 Å². The molecule has 2 aromatic rings. The highest BCUT2D eigenvalue weighted by Gasteiger charge is 2.38. The number of halogens is 3. The third-order valence-electron chi connectivity index (χ3n) is 7.67. The lowest BCUT2D eigenvalue weighted by Gasteiger charge is -2.28. The number of nitrogens with one attached hydrogen (secondary N) is 5.